The Kier molecular flexibility index (Phi) is 4.16. The van der Waals surface area contributed by atoms with Crippen molar-refractivity contribution in [2.45, 2.75) is 29.9 Å². The SMILES string of the molecule is CCCc1cc(C(=O)O)cc(Sc2ncnn2C)n1. The zero-order chi connectivity index (χ0) is 13.8. The first-order chi connectivity index (χ1) is 9.10. The van der Waals surface area contributed by atoms with Crippen molar-refractivity contribution < 1.29 is 9.90 Å². The fourth-order valence-electron chi connectivity index (χ4n) is 1.59. The fourth-order valence-corrected chi connectivity index (χ4v) is 2.41. The van der Waals surface area contributed by atoms with Gasteiger partial charge in [0.25, 0.3) is 0 Å². The van der Waals surface area contributed by atoms with E-state index in [0.29, 0.717) is 10.2 Å². The van der Waals surface area contributed by atoms with Gasteiger partial charge in [0.15, 0.2) is 5.16 Å². The van der Waals surface area contributed by atoms with Gasteiger partial charge >= 0.3 is 5.97 Å². The summed E-state index contributed by atoms with van der Waals surface area (Å²) in [4.78, 5) is 19.6. The second-order valence-corrected chi connectivity index (χ2v) is 5.00. The second-order valence-electron chi connectivity index (χ2n) is 4.01. The summed E-state index contributed by atoms with van der Waals surface area (Å²) in [6, 6.07) is 3.17. The first kappa shape index (κ1) is 13.5. The van der Waals surface area contributed by atoms with Crippen molar-refractivity contribution in [2.75, 3.05) is 0 Å². The highest BCUT2D eigenvalue weighted by Crippen LogP contribution is 2.25. The molecule has 7 heteroatoms. The van der Waals surface area contributed by atoms with Crippen molar-refractivity contribution in [1.82, 2.24) is 19.7 Å². The van der Waals surface area contributed by atoms with Gasteiger partial charge in [0.2, 0.25) is 0 Å². The van der Waals surface area contributed by atoms with Gasteiger partial charge in [-0.2, -0.15) is 5.10 Å². The summed E-state index contributed by atoms with van der Waals surface area (Å²) in [6.45, 7) is 2.03. The Morgan fingerprint density at radius 2 is 2.26 bits per heavy atom. The normalized spacial score (nSPS) is 10.6. The Labute approximate surface area is 114 Å². The number of aryl methyl sites for hydroxylation is 2. The minimum atomic E-state index is -0.945. The van der Waals surface area contributed by atoms with E-state index in [9.17, 15) is 4.79 Å². The standard InChI is InChI=1S/C12H14N4O2S/c1-3-4-9-5-8(11(17)18)6-10(15-9)19-12-13-7-14-16(12)2/h5-7H,3-4H2,1-2H3,(H,17,18). The average Bonchev–Trinajstić information content (AvgIpc) is 2.75. The number of aromatic carboxylic acids is 1. The van der Waals surface area contributed by atoms with Gasteiger partial charge in [-0.25, -0.2) is 19.4 Å². The summed E-state index contributed by atoms with van der Waals surface area (Å²) in [6.07, 6.45) is 3.13. The average molecular weight is 278 g/mol. The number of carbonyl (C=O) groups is 1. The maximum Gasteiger partial charge on any atom is 0.335 e. The van der Waals surface area contributed by atoms with E-state index < -0.39 is 5.97 Å². The molecule has 2 heterocycles. The quantitative estimate of drug-likeness (QED) is 0.901. The van der Waals surface area contributed by atoms with Crippen molar-refractivity contribution in [3.8, 4) is 0 Å². The minimum absolute atomic E-state index is 0.253. The molecule has 0 saturated carbocycles. The lowest BCUT2D eigenvalue weighted by molar-refractivity contribution is 0.0696. The van der Waals surface area contributed by atoms with E-state index in [1.165, 1.54) is 18.1 Å². The first-order valence-electron chi connectivity index (χ1n) is 5.86. The molecule has 0 aromatic carbocycles. The third-order valence-corrected chi connectivity index (χ3v) is 3.44. The van der Waals surface area contributed by atoms with Crippen LogP contribution in [-0.2, 0) is 13.5 Å². The third kappa shape index (κ3) is 3.31. The van der Waals surface area contributed by atoms with Crippen LogP contribution in [0, 0.1) is 0 Å². The number of hydrogen-bond acceptors (Lipinski definition) is 5. The molecule has 0 atom stereocenters. The largest absolute Gasteiger partial charge is 0.478 e. The molecule has 0 saturated heterocycles. The molecule has 0 bridgehead atoms. The predicted octanol–water partition coefficient (Wildman–Crippen LogP) is 2.01. The van der Waals surface area contributed by atoms with Crippen LogP contribution < -0.4 is 0 Å². The number of carboxylic acids is 1. The molecule has 6 nitrogen and oxygen atoms in total. The Morgan fingerprint density at radius 3 is 2.84 bits per heavy atom. The zero-order valence-corrected chi connectivity index (χ0v) is 11.5. The van der Waals surface area contributed by atoms with Crippen LogP contribution in [0.25, 0.3) is 0 Å². The van der Waals surface area contributed by atoms with E-state index in [-0.39, 0.29) is 5.56 Å². The first-order valence-corrected chi connectivity index (χ1v) is 6.68. The summed E-state index contributed by atoms with van der Waals surface area (Å²) in [5, 5.41) is 14.4. The molecule has 0 aliphatic carbocycles. The van der Waals surface area contributed by atoms with Crippen molar-refractivity contribution in [3.05, 3.63) is 29.7 Å². The molecular weight excluding hydrogens is 264 g/mol. The second kappa shape index (κ2) is 5.83. The molecule has 0 fully saturated rings. The molecule has 0 spiro atoms. The molecule has 2 aromatic heterocycles. The van der Waals surface area contributed by atoms with Crippen LogP contribution >= 0.6 is 11.8 Å². The monoisotopic (exact) mass is 278 g/mol. The maximum atomic E-state index is 11.1. The molecule has 100 valence electrons. The van der Waals surface area contributed by atoms with Gasteiger partial charge in [-0.3, -0.25) is 0 Å². The predicted molar refractivity (Wildman–Crippen MR) is 70.3 cm³/mol. The van der Waals surface area contributed by atoms with E-state index in [2.05, 4.69) is 15.1 Å². The van der Waals surface area contributed by atoms with Crippen LogP contribution in [0.5, 0.6) is 0 Å². The Hall–Kier alpha value is -1.89. The van der Waals surface area contributed by atoms with Crippen LogP contribution in [-0.4, -0.2) is 30.8 Å². The molecule has 2 aromatic rings. The van der Waals surface area contributed by atoms with Crippen molar-refractivity contribution >= 4 is 17.7 Å². The minimum Gasteiger partial charge on any atom is -0.478 e. The van der Waals surface area contributed by atoms with Crippen LogP contribution in [0.2, 0.25) is 0 Å². The van der Waals surface area contributed by atoms with Gasteiger partial charge in [-0.1, -0.05) is 13.3 Å². The van der Waals surface area contributed by atoms with Gasteiger partial charge in [-0.15, -0.1) is 0 Å². The van der Waals surface area contributed by atoms with Gasteiger partial charge in [0.05, 0.1) is 5.56 Å². The van der Waals surface area contributed by atoms with Gasteiger partial charge < -0.3 is 5.11 Å². The Morgan fingerprint density at radius 1 is 1.47 bits per heavy atom. The van der Waals surface area contributed by atoms with Gasteiger partial charge in [-0.05, 0) is 30.3 Å². The molecule has 0 unspecified atom stereocenters. The van der Waals surface area contributed by atoms with Gasteiger partial charge in [0.1, 0.15) is 11.4 Å². The summed E-state index contributed by atoms with van der Waals surface area (Å²) >= 11 is 1.31. The Bertz CT molecular complexity index is 597. The van der Waals surface area contributed by atoms with E-state index in [1.807, 2.05) is 6.92 Å². The number of carboxylic acid groups (broad SMARTS) is 1. The van der Waals surface area contributed by atoms with Crippen molar-refractivity contribution in [1.29, 1.82) is 0 Å². The van der Waals surface area contributed by atoms with E-state index >= 15 is 0 Å². The number of pyridine rings is 1. The highest BCUT2D eigenvalue weighted by Gasteiger charge is 2.11. The Balaban J connectivity index is 2.33. The highest BCUT2D eigenvalue weighted by atomic mass is 32.2. The highest BCUT2D eigenvalue weighted by molar-refractivity contribution is 7.99. The molecule has 0 aliphatic rings. The molecule has 1 N–H and O–H groups in total. The lowest BCUT2D eigenvalue weighted by Crippen LogP contribution is -2.02. The zero-order valence-electron chi connectivity index (χ0n) is 10.7. The van der Waals surface area contributed by atoms with Crippen LogP contribution in [0.4, 0.5) is 0 Å². The number of nitrogens with zero attached hydrogens (tertiary/aromatic N) is 4. The summed E-state index contributed by atoms with van der Waals surface area (Å²) in [5.74, 6) is -0.945. The van der Waals surface area contributed by atoms with E-state index in [1.54, 1.807) is 23.9 Å². The smallest absolute Gasteiger partial charge is 0.335 e. The third-order valence-electron chi connectivity index (χ3n) is 2.47. The number of rotatable bonds is 5. The summed E-state index contributed by atoms with van der Waals surface area (Å²) in [7, 11) is 1.78. The fraction of sp³-hybridized carbons (Fsp3) is 0.333. The molecule has 2 rings (SSSR count). The molecule has 19 heavy (non-hydrogen) atoms. The molecule has 0 radical (unpaired) electrons. The molecule has 0 amide bonds. The van der Waals surface area contributed by atoms with Crippen LogP contribution in [0.3, 0.4) is 0 Å². The number of hydrogen-bond donors (Lipinski definition) is 1. The van der Waals surface area contributed by atoms with Crippen molar-refractivity contribution in [3.63, 3.8) is 0 Å². The van der Waals surface area contributed by atoms with Crippen LogP contribution in [0.15, 0.2) is 28.6 Å². The van der Waals surface area contributed by atoms with Gasteiger partial charge in [0, 0.05) is 12.7 Å². The van der Waals surface area contributed by atoms with Crippen molar-refractivity contribution in [2.24, 2.45) is 7.05 Å². The molecular formula is C12H14N4O2S. The lowest BCUT2D eigenvalue weighted by Gasteiger charge is -2.05. The number of aromatic nitrogens is 4. The maximum absolute atomic E-state index is 11.1. The summed E-state index contributed by atoms with van der Waals surface area (Å²) < 4.78 is 1.62. The van der Waals surface area contributed by atoms with Crippen LogP contribution in [0.1, 0.15) is 29.4 Å². The van der Waals surface area contributed by atoms with E-state index in [0.717, 1.165) is 18.5 Å². The lowest BCUT2D eigenvalue weighted by atomic mass is 10.2. The summed E-state index contributed by atoms with van der Waals surface area (Å²) in [5.41, 5.74) is 1.04. The topological polar surface area (TPSA) is 80.9 Å². The molecule has 0 aliphatic heterocycles. The van der Waals surface area contributed by atoms with E-state index in [4.69, 9.17) is 5.11 Å².